The van der Waals surface area contributed by atoms with Crippen LogP contribution in [0.15, 0.2) is 75.7 Å². The van der Waals surface area contributed by atoms with Crippen LogP contribution in [0.5, 0.6) is 0 Å². The van der Waals surface area contributed by atoms with Crippen molar-refractivity contribution in [1.82, 2.24) is 10.5 Å². The summed E-state index contributed by atoms with van der Waals surface area (Å²) in [5.41, 5.74) is 9.06. The van der Waals surface area contributed by atoms with E-state index in [-0.39, 0.29) is 12.6 Å². The van der Waals surface area contributed by atoms with Gasteiger partial charge in [0.25, 0.3) is 0 Å². The summed E-state index contributed by atoms with van der Waals surface area (Å²) in [5, 5.41) is 10.3. The second kappa shape index (κ2) is 8.38. The first-order valence-electron chi connectivity index (χ1n) is 9.10. The average Bonchev–Trinajstić information content (AvgIpc) is 3.16. The number of hydrogen-bond donors (Lipinski definition) is 3. The summed E-state index contributed by atoms with van der Waals surface area (Å²) in [6, 6.07) is 19.5. The van der Waals surface area contributed by atoms with Crippen LogP contribution in [0.3, 0.4) is 0 Å². The molecule has 0 aliphatic heterocycles. The molecule has 4 N–H and O–H groups in total. The Kier molecular flexibility index (Phi) is 5.49. The Morgan fingerprint density at radius 1 is 1.03 bits per heavy atom. The Morgan fingerprint density at radius 3 is 2.63 bits per heavy atom. The predicted molar refractivity (Wildman–Crippen MR) is 118 cm³/mol. The number of fused-ring (bicyclic) bond motifs is 1. The van der Waals surface area contributed by atoms with Crippen molar-refractivity contribution in [2.75, 3.05) is 5.32 Å². The standard InChI is InChI=1S/C22H17BrN4O3/c23-14-6-3-7-15(11-14)26-22(29)25-12-13-5-1-2-8-16(13)20-19-17(21(24)28)9-4-10-18(19)30-27-20/h1-11H,12H2,(H2,24,28)(H2,25,26,29). The molecule has 0 aliphatic rings. The van der Waals surface area contributed by atoms with Gasteiger partial charge in [0.05, 0.1) is 10.9 Å². The zero-order chi connectivity index (χ0) is 21.1. The van der Waals surface area contributed by atoms with Crippen molar-refractivity contribution >= 4 is 44.5 Å². The second-order valence-corrected chi connectivity index (χ2v) is 7.46. The first-order valence-corrected chi connectivity index (χ1v) is 9.89. The van der Waals surface area contributed by atoms with Crippen LogP contribution >= 0.6 is 15.9 Å². The summed E-state index contributed by atoms with van der Waals surface area (Å²) < 4.78 is 6.27. The molecule has 0 unspecified atom stereocenters. The lowest BCUT2D eigenvalue weighted by Crippen LogP contribution is -2.28. The van der Waals surface area contributed by atoms with Crippen molar-refractivity contribution in [2.45, 2.75) is 6.54 Å². The number of carbonyl (C=O) groups excluding carboxylic acids is 2. The van der Waals surface area contributed by atoms with Crippen LogP contribution in [-0.4, -0.2) is 17.1 Å². The molecule has 1 aromatic heterocycles. The van der Waals surface area contributed by atoms with Crippen LogP contribution in [0.2, 0.25) is 0 Å². The van der Waals surface area contributed by atoms with Gasteiger partial charge in [0, 0.05) is 22.3 Å². The molecule has 0 radical (unpaired) electrons. The van der Waals surface area contributed by atoms with E-state index in [1.807, 2.05) is 36.4 Å². The molecule has 150 valence electrons. The highest BCUT2D eigenvalue weighted by Crippen LogP contribution is 2.32. The fourth-order valence-electron chi connectivity index (χ4n) is 3.20. The lowest BCUT2D eigenvalue weighted by molar-refractivity contribution is 0.100. The third kappa shape index (κ3) is 4.04. The summed E-state index contributed by atoms with van der Waals surface area (Å²) in [6.45, 7) is 0.253. The minimum absolute atomic E-state index is 0.253. The number of nitrogens with two attached hydrogens (primary N) is 1. The molecule has 1 heterocycles. The maximum atomic E-state index is 12.3. The minimum atomic E-state index is -0.561. The highest BCUT2D eigenvalue weighted by atomic mass is 79.9. The molecule has 7 nitrogen and oxygen atoms in total. The number of halogens is 1. The molecule has 0 spiro atoms. The van der Waals surface area contributed by atoms with Gasteiger partial charge >= 0.3 is 6.03 Å². The average molecular weight is 465 g/mol. The SMILES string of the molecule is NC(=O)c1cccc2onc(-c3ccccc3CNC(=O)Nc3cccc(Br)c3)c12. The van der Waals surface area contributed by atoms with Crippen molar-refractivity contribution in [2.24, 2.45) is 5.73 Å². The van der Waals surface area contributed by atoms with Gasteiger partial charge in [-0.2, -0.15) is 0 Å². The molecule has 30 heavy (non-hydrogen) atoms. The van der Waals surface area contributed by atoms with Gasteiger partial charge in [-0.15, -0.1) is 0 Å². The largest absolute Gasteiger partial charge is 0.366 e. The maximum absolute atomic E-state index is 12.3. The van der Waals surface area contributed by atoms with Gasteiger partial charge in [-0.3, -0.25) is 4.79 Å². The Balaban J connectivity index is 1.60. The lowest BCUT2D eigenvalue weighted by Gasteiger charge is -2.11. The summed E-state index contributed by atoms with van der Waals surface area (Å²) in [7, 11) is 0. The fourth-order valence-corrected chi connectivity index (χ4v) is 3.60. The van der Waals surface area contributed by atoms with E-state index in [0.29, 0.717) is 27.9 Å². The van der Waals surface area contributed by atoms with Crippen LogP contribution < -0.4 is 16.4 Å². The van der Waals surface area contributed by atoms with Crippen molar-refractivity contribution < 1.29 is 14.1 Å². The second-order valence-electron chi connectivity index (χ2n) is 6.55. The summed E-state index contributed by atoms with van der Waals surface area (Å²) >= 11 is 3.37. The Labute approximate surface area is 180 Å². The topological polar surface area (TPSA) is 110 Å². The van der Waals surface area contributed by atoms with E-state index in [2.05, 4.69) is 31.7 Å². The van der Waals surface area contributed by atoms with Crippen molar-refractivity contribution in [3.8, 4) is 11.3 Å². The third-order valence-corrected chi connectivity index (χ3v) is 5.05. The van der Waals surface area contributed by atoms with Gasteiger partial charge in [0.1, 0.15) is 5.69 Å². The highest BCUT2D eigenvalue weighted by molar-refractivity contribution is 9.10. The number of rotatable bonds is 5. The molecule has 4 rings (SSSR count). The van der Waals surface area contributed by atoms with E-state index in [1.165, 1.54) is 0 Å². The zero-order valence-corrected chi connectivity index (χ0v) is 17.3. The summed E-state index contributed by atoms with van der Waals surface area (Å²) in [4.78, 5) is 24.2. The van der Waals surface area contributed by atoms with E-state index >= 15 is 0 Å². The van der Waals surface area contributed by atoms with Gasteiger partial charge in [-0.05, 0) is 35.9 Å². The number of aromatic nitrogens is 1. The van der Waals surface area contributed by atoms with Crippen LogP contribution in [0.25, 0.3) is 22.2 Å². The first-order chi connectivity index (χ1) is 14.5. The van der Waals surface area contributed by atoms with Gasteiger partial charge in [-0.1, -0.05) is 57.5 Å². The Bertz CT molecular complexity index is 1250. The monoisotopic (exact) mass is 464 g/mol. The van der Waals surface area contributed by atoms with E-state index < -0.39 is 5.91 Å². The summed E-state index contributed by atoms with van der Waals surface area (Å²) in [5.74, 6) is -0.561. The molecule has 3 amide bonds. The molecule has 3 aromatic carbocycles. The molecule has 0 fully saturated rings. The number of nitrogens with one attached hydrogen (secondary N) is 2. The number of primary amides is 1. The number of hydrogen-bond acceptors (Lipinski definition) is 4. The first kappa shape index (κ1) is 19.7. The Hall–Kier alpha value is -3.65. The molecular formula is C22H17BrN4O3. The molecular weight excluding hydrogens is 448 g/mol. The highest BCUT2D eigenvalue weighted by Gasteiger charge is 2.19. The van der Waals surface area contributed by atoms with E-state index in [9.17, 15) is 9.59 Å². The molecule has 0 saturated carbocycles. The van der Waals surface area contributed by atoms with Crippen LogP contribution in [-0.2, 0) is 6.54 Å². The number of urea groups is 1. The number of anilines is 1. The van der Waals surface area contributed by atoms with Crippen LogP contribution in [0.1, 0.15) is 15.9 Å². The van der Waals surface area contributed by atoms with Crippen LogP contribution in [0.4, 0.5) is 10.5 Å². The minimum Gasteiger partial charge on any atom is -0.366 e. The zero-order valence-electron chi connectivity index (χ0n) is 15.7. The fraction of sp³-hybridized carbons (Fsp3) is 0.0455. The van der Waals surface area contributed by atoms with Gasteiger partial charge in [-0.25, -0.2) is 4.79 Å². The molecule has 8 heteroatoms. The molecule has 0 aliphatic carbocycles. The predicted octanol–water partition coefficient (Wildman–Crippen LogP) is 4.68. The third-order valence-electron chi connectivity index (χ3n) is 4.56. The van der Waals surface area contributed by atoms with E-state index in [0.717, 1.165) is 15.6 Å². The van der Waals surface area contributed by atoms with Crippen molar-refractivity contribution in [3.63, 3.8) is 0 Å². The van der Waals surface area contributed by atoms with Crippen molar-refractivity contribution in [1.29, 1.82) is 0 Å². The number of amides is 3. The number of carbonyl (C=O) groups is 2. The van der Waals surface area contributed by atoms with Gasteiger partial charge in [0.2, 0.25) is 5.91 Å². The number of nitrogens with zero attached hydrogens (tertiary/aromatic N) is 1. The molecule has 0 bridgehead atoms. The van der Waals surface area contributed by atoms with Crippen molar-refractivity contribution in [3.05, 3.63) is 82.3 Å². The molecule has 0 atom stereocenters. The molecule has 0 saturated heterocycles. The molecule has 4 aromatic rings. The lowest BCUT2D eigenvalue weighted by atomic mass is 9.99. The van der Waals surface area contributed by atoms with Crippen LogP contribution in [0, 0.1) is 0 Å². The number of benzene rings is 3. The van der Waals surface area contributed by atoms with Gasteiger partial charge < -0.3 is 20.9 Å². The quantitative estimate of drug-likeness (QED) is 0.398. The van der Waals surface area contributed by atoms with Gasteiger partial charge in [0.15, 0.2) is 5.58 Å². The smallest absolute Gasteiger partial charge is 0.319 e. The van der Waals surface area contributed by atoms with E-state index in [1.54, 1.807) is 30.3 Å². The maximum Gasteiger partial charge on any atom is 0.319 e. The normalized spacial score (nSPS) is 10.7. The summed E-state index contributed by atoms with van der Waals surface area (Å²) in [6.07, 6.45) is 0. The van der Waals surface area contributed by atoms with E-state index in [4.69, 9.17) is 10.3 Å². The Morgan fingerprint density at radius 2 is 1.83 bits per heavy atom.